The standard InChI is InChI=1S/C14H17ClN2O/c15-12-3-1-2-9(4-12)14(18)17-13-5-10-7-16-8-11(10)6-13/h1-4,10-11,13,16H,5-8H2,(H,17,18)/t10-,11+,13?. The molecule has 3 rings (SSSR count). The number of fused-ring (bicyclic) bond motifs is 1. The van der Waals surface area contributed by atoms with Crippen LogP contribution in [0.25, 0.3) is 0 Å². The van der Waals surface area contributed by atoms with Gasteiger partial charge in [0.25, 0.3) is 5.91 Å². The van der Waals surface area contributed by atoms with Crippen LogP contribution in [0, 0.1) is 11.8 Å². The predicted octanol–water partition coefficient (Wildman–Crippen LogP) is 2.07. The molecule has 1 unspecified atom stereocenters. The summed E-state index contributed by atoms with van der Waals surface area (Å²) >= 11 is 5.90. The maximum atomic E-state index is 12.1. The number of hydrogen-bond acceptors (Lipinski definition) is 2. The molecule has 18 heavy (non-hydrogen) atoms. The van der Waals surface area contributed by atoms with Gasteiger partial charge in [-0.3, -0.25) is 4.79 Å². The Morgan fingerprint density at radius 3 is 2.67 bits per heavy atom. The fourth-order valence-electron chi connectivity index (χ4n) is 3.18. The Bertz CT molecular complexity index is 451. The number of rotatable bonds is 2. The largest absolute Gasteiger partial charge is 0.349 e. The van der Waals surface area contributed by atoms with E-state index >= 15 is 0 Å². The molecule has 4 heteroatoms. The molecule has 0 radical (unpaired) electrons. The molecule has 2 N–H and O–H groups in total. The van der Waals surface area contributed by atoms with E-state index in [0.717, 1.165) is 37.8 Å². The quantitative estimate of drug-likeness (QED) is 0.859. The van der Waals surface area contributed by atoms with Crippen molar-refractivity contribution < 1.29 is 4.79 Å². The first-order valence-corrected chi connectivity index (χ1v) is 6.87. The van der Waals surface area contributed by atoms with E-state index in [1.165, 1.54) is 0 Å². The smallest absolute Gasteiger partial charge is 0.251 e. The fourth-order valence-corrected chi connectivity index (χ4v) is 3.37. The summed E-state index contributed by atoms with van der Waals surface area (Å²) in [4.78, 5) is 12.1. The molecule has 1 aromatic rings. The van der Waals surface area contributed by atoms with Gasteiger partial charge in [-0.15, -0.1) is 0 Å². The highest BCUT2D eigenvalue weighted by atomic mass is 35.5. The van der Waals surface area contributed by atoms with Crippen molar-refractivity contribution in [2.75, 3.05) is 13.1 Å². The second-order valence-electron chi connectivity index (χ2n) is 5.33. The molecule has 1 aliphatic carbocycles. The lowest BCUT2D eigenvalue weighted by atomic mass is 10.0. The first-order chi connectivity index (χ1) is 8.72. The molecule has 2 fully saturated rings. The zero-order chi connectivity index (χ0) is 12.5. The van der Waals surface area contributed by atoms with Gasteiger partial charge in [-0.25, -0.2) is 0 Å². The minimum Gasteiger partial charge on any atom is -0.349 e. The van der Waals surface area contributed by atoms with Gasteiger partial charge < -0.3 is 10.6 Å². The van der Waals surface area contributed by atoms with Gasteiger partial charge in [-0.1, -0.05) is 17.7 Å². The molecule has 1 aliphatic heterocycles. The van der Waals surface area contributed by atoms with Crippen LogP contribution in [-0.4, -0.2) is 25.0 Å². The molecular weight excluding hydrogens is 248 g/mol. The Kier molecular flexibility index (Phi) is 3.27. The molecule has 1 saturated carbocycles. The summed E-state index contributed by atoms with van der Waals surface area (Å²) in [6.45, 7) is 2.21. The maximum absolute atomic E-state index is 12.1. The predicted molar refractivity (Wildman–Crippen MR) is 71.8 cm³/mol. The monoisotopic (exact) mass is 264 g/mol. The molecule has 1 saturated heterocycles. The third-order valence-corrected chi connectivity index (χ3v) is 4.31. The summed E-state index contributed by atoms with van der Waals surface area (Å²) in [6.07, 6.45) is 2.20. The number of carbonyl (C=O) groups excluding carboxylic acids is 1. The number of carbonyl (C=O) groups is 1. The van der Waals surface area contributed by atoms with Crippen LogP contribution >= 0.6 is 11.6 Å². The van der Waals surface area contributed by atoms with E-state index < -0.39 is 0 Å². The fraction of sp³-hybridized carbons (Fsp3) is 0.500. The van der Waals surface area contributed by atoms with Crippen molar-refractivity contribution in [3.63, 3.8) is 0 Å². The Balaban J connectivity index is 1.62. The number of amides is 1. The zero-order valence-electron chi connectivity index (χ0n) is 10.2. The molecule has 1 amide bonds. The summed E-state index contributed by atoms with van der Waals surface area (Å²) < 4.78 is 0. The van der Waals surface area contributed by atoms with Crippen molar-refractivity contribution in [2.24, 2.45) is 11.8 Å². The molecule has 0 spiro atoms. The van der Waals surface area contributed by atoms with E-state index in [4.69, 9.17) is 11.6 Å². The first kappa shape index (κ1) is 12.0. The summed E-state index contributed by atoms with van der Waals surface area (Å²) in [7, 11) is 0. The molecule has 3 nitrogen and oxygen atoms in total. The highest BCUT2D eigenvalue weighted by Gasteiger charge is 2.37. The minimum atomic E-state index is -0.00423. The number of halogens is 1. The maximum Gasteiger partial charge on any atom is 0.251 e. The van der Waals surface area contributed by atoms with Crippen LogP contribution in [0.15, 0.2) is 24.3 Å². The lowest BCUT2D eigenvalue weighted by Gasteiger charge is -2.14. The van der Waals surface area contributed by atoms with Crippen LogP contribution in [0.2, 0.25) is 5.02 Å². The van der Waals surface area contributed by atoms with E-state index in [-0.39, 0.29) is 5.91 Å². The van der Waals surface area contributed by atoms with Crippen molar-refractivity contribution in [2.45, 2.75) is 18.9 Å². The van der Waals surface area contributed by atoms with Crippen molar-refractivity contribution in [1.29, 1.82) is 0 Å². The number of benzene rings is 1. The first-order valence-electron chi connectivity index (χ1n) is 6.49. The van der Waals surface area contributed by atoms with Gasteiger partial charge >= 0.3 is 0 Å². The summed E-state index contributed by atoms with van der Waals surface area (Å²) in [5.41, 5.74) is 0.651. The second-order valence-corrected chi connectivity index (χ2v) is 5.77. The van der Waals surface area contributed by atoms with Gasteiger partial charge in [0.1, 0.15) is 0 Å². The van der Waals surface area contributed by atoms with E-state index in [1.807, 2.05) is 6.07 Å². The zero-order valence-corrected chi connectivity index (χ0v) is 10.9. The van der Waals surface area contributed by atoms with Crippen LogP contribution in [0.4, 0.5) is 0 Å². The topological polar surface area (TPSA) is 41.1 Å². The van der Waals surface area contributed by atoms with Gasteiger partial charge in [0.15, 0.2) is 0 Å². The normalized spacial score (nSPS) is 30.2. The van der Waals surface area contributed by atoms with Gasteiger partial charge in [0.05, 0.1) is 0 Å². The van der Waals surface area contributed by atoms with Gasteiger partial charge in [-0.05, 0) is 56.0 Å². The molecular formula is C14H17ClN2O. The highest BCUT2D eigenvalue weighted by Crippen LogP contribution is 2.34. The lowest BCUT2D eigenvalue weighted by molar-refractivity contribution is 0.0936. The van der Waals surface area contributed by atoms with Crippen LogP contribution in [0.1, 0.15) is 23.2 Å². The lowest BCUT2D eigenvalue weighted by Crippen LogP contribution is -2.34. The average molecular weight is 265 g/mol. The van der Waals surface area contributed by atoms with Crippen LogP contribution in [-0.2, 0) is 0 Å². The second kappa shape index (κ2) is 4.90. The Morgan fingerprint density at radius 1 is 1.28 bits per heavy atom. The SMILES string of the molecule is O=C(NC1C[C@H]2CNC[C@H]2C1)c1cccc(Cl)c1. The average Bonchev–Trinajstić information content (AvgIpc) is 2.89. The Morgan fingerprint density at radius 2 is 2.00 bits per heavy atom. The minimum absolute atomic E-state index is 0.00423. The van der Waals surface area contributed by atoms with Crippen molar-refractivity contribution in [1.82, 2.24) is 10.6 Å². The molecule has 1 heterocycles. The molecule has 1 aromatic carbocycles. The van der Waals surface area contributed by atoms with Gasteiger partial charge in [0.2, 0.25) is 0 Å². The van der Waals surface area contributed by atoms with E-state index in [0.29, 0.717) is 16.6 Å². The van der Waals surface area contributed by atoms with Crippen LogP contribution in [0.3, 0.4) is 0 Å². The molecule has 0 aromatic heterocycles. The Hall–Kier alpha value is -1.06. The van der Waals surface area contributed by atoms with E-state index in [2.05, 4.69) is 10.6 Å². The molecule has 0 bridgehead atoms. The van der Waals surface area contributed by atoms with Crippen molar-refractivity contribution in [3.05, 3.63) is 34.9 Å². The third kappa shape index (κ3) is 2.38. The van der Waals surface area contributed by atoms with E-state index in [1.54, 1.807) is 18.2 Å². The van der Waals surface area contributed by atoms with Gasteiger partial charge in [-0.2, -0.15) is 0 Å². The third-order valence-electron chi connectivity index (χ3n) is 4.08. The van der Waals surface area contributed by atoms with Crippen LogP contribution in [0.5, 0.6) is 0 Å². The Labute approximate surface area is 112 Å². The summed E-state index contributed by atoms with van der Waals surface area (Å²) in [6, 6.07) is 7.44. The number of hydrogen-bond donors (Lipinski definition) is 2. The summed E-state index contributed by atoms with van der Waals surface area (Å²) in [5, 5.41) is 7.14. The van der Waals surface area contributed by atoms with Crippen molar-refractivity contribution in [3.8, 4) is 0 Å². The van der Waals surface area contributed by atoms with E-state index in [9.17, 15) is 4.79 Å². The molecule has 2 aliphatic rings. The highest BCUT2D eigenvalue weighted by molar-refractivity contribution is 6.30. The summed E-state index contributed by atoms with van der Waals surface area (Å²) in [5.74, 6) is 1.49. The molecule has 3 atom stereocenters. The number of nitrogens with one attached hydrogen (secondary N) is 2. The van der Waals surface area contributed by atoms with Crippen LogP contribution < -0.4 is 10.6 Å². The van der Waals surface area contributed by atoms with Gasteiger partial charge in [0, 0.05) is 16.6 Å². The van der Waals surface area contributed by atoms with Crippen molar-refractivity contribution >= 4 is 17.5 Å². The molecule has 96 valence electrons.